The van der Waals surface area contributed by atoms with Crippen molar-refractivity contribution in [1.29, 1.82) is 0 Å². The Morgan fingerprint density at radius 2 is 2.10 bits per heavy atom. The first-order chi connectivity index (χ1) is 9.43. The van der Waals surface area contributed by atoms with Gasteiger partial charge in [-0.1, -0.05) is 0 Å². The number of H-pyrrole nitrogens is 1. The van der Waals surface area contributed by atoms with Crippen LogP contribution in [-0.2, 0) is 6.54 Å². The van der Waals surface area contributed by atoms with E-state index in [0.29, 0.717) is 6.07 Å². The van der Waals surface area contributed by atoms with E-state index in [4.69, 9.17) is 5.73 Å². The number of nitro groups is 1. The van der Waals surface area contributed by atoms with Crippen molar-refractivity contribution < 1.29 is 13.7 Å². The lowest BCUT2D eigenvalue weighted by Crippen LogP contribution is -2.14. The largest absolute Gasteiger partial charge is 0.325 e. The van der Waals surface area contributed by atoms with Crippen LogP contribution < -0.4 is 11.3 Å². The number of hydrogen-bond donors (Lipinski definition) is 2. The molecule has 1 aromatic heterocycles. The predicted molar refractivity (Wildman–Crippen MR) is 64.8 cm³/mol. The van der Waals surface area contributed by atoms with Crippen LogP contribution in [0.15, 0.2) is 23.0 Å². The molecule has 104 valence electrons. The fraction of sp³-hybridized carbons (Fsp3) is 0.0909. The van der Waals surface area contributed by atoms with Crippen molar-refractivity contribution in [2.24, 2.45) is 5.73 Å². The number of nitro benzene ring substituents is 1. The molecule has 0 saturated carbocycles. The van der Waals surface area contributed by atoms with Gasteiger partial charge in [-0.15, -0.1) is 0 Å². The number of nitrogens with two attached hydrogens (primary N) is 1. The van der Waals surface area contributed by atoms with Crippen LogP contribution in [0.3, 0.4) is 0 Å². The molecule has 0 aliphatic carbocycles. The van der Waals surface area contributed by atoms with Crippen LogP contribution in [0.25, 0.3) is 11.4 Å². The zero-order chi connectivity index (χ0) is 14.9. The van der Waals surface area contributed by atoms with Crippen LogP contribution in [0.4, 0.5) is 14.5 Å². The molecule has 2 rings (SSSR count). The molecule has 0 unspecified atom stereocenters. The number of halogens is 2. The van der Waals surface area contributed by atoms with E-state index in [0.717, 1.165) is 12.1 Å². The Balaban J connectivity index is 2.75. The average molecular weight is 282 g/mol. The van der Waals surface area contributed by atoms with Crippen LogP contribution in [0.5, 0.6) is 0 Å². The summed E-state index contributed by atoms with van der Waals surface area (Å²) >= 11 is 0. The third-order valence-electron chi connectivity index (χ3n) is 2.51. The zero-order valence-electron chi connectivity index (χ0n) is 9.89. The average Bonchev–Trinajstić information content (AvgIpc) is 2.37. The van der Waals surface area contributed by atoms with E-state index in [1.807, 2.05) is 0 Å². The van der Waals surface area contributed by atoms with Crippen LogP contribution in [0.1, 0.15) is 5.69 Å². The molecule has 0 atom stereocenters. The van der Waals surface area contributed by atoms with Crippen molar-refractivity contribution in [1.82, 2.24) is 9.97 Å². The van der Waals surface area contributed by atoms with Gasteiger partial charge < -0.3 is 10.7 Å². The molecule has 0 aliphatic rings. The van der Waals surface area contributed by atoms with Crippen LogP contribution >= 0.6 is 0 Å². The fourth-order valence-corrected chi connectivity index (χ4v) is 1.63. The Morgan fingerprint density at radius 1 is 1.40 bits per heavy atom. The van der Waals surface area contributed by atoms with E-state index in [2.05, 4.69) is 9.97 Å². The summed E-state index contributed by atoms with van der Waals surface area (Å²) in [5.74, 6) is -2.94. The number of nitrogens with zero attached hydrogens (tertiary/aromatic N) is 2. The van der Waals surface area contributed by atoms with Crippen LogP contribution in [0.2, 0.25) is 0 Å². The molecule has 0 radical (unpaired) electrons. The number of aromatic amines is 1. The first-order valence-corrected chi connectivity index (χ1v) is 5.37. The highest BCUT2D eigenvalue weighted by Gasteiger charge is 2.24. The lowest BCUT2D eigenvalue weighted by molar-refractivity contribution is -0.387. The van der Waals surface area contributed by atoms with Crippen LogP contribution in [0, 0.1) is 21.7 Å². The van der Waals surface area contributed by atoms with Gasteiger partial charge in [0.25, 0.3) is 5.56 Å². The van der Waals surface area contributed by atoms with Gasteiger partial charge >= 0.3 is 5.69 Å². The number of aromatic nitrogens is 2. The van der Waals surface area contributed by atoms with Gasteiger partial charge in [-0.25, -0.2) is 9.37 Å². The van der Waals surface area contributed by atoms with Crippen molar-refractivity contribution in [3.63, 3.8) is 0 Å². The summed E-state index contributed by atoms with van der Waals surface area (Å²) in [6, 6.07) is 2.49. The first kappa shape index (κ1) is 13.7. The van der Waals surface area contributed by atoms with E-state index in [1.165, 1.54) is 0 Å². The third-order valence-corrected chi connectivity index (χ3v) is 2.51. The Labute approximate surface area is 110 Å². The normalized spacial score (nSPS) is 10.6. The van der Waals surface area contributed by atoms with Gasteiger partial charge in [0, 0.05) is 18.7 Å². The predicted octanol–water partition coefficient (Wildman–Crippen LogP) is 1.08. The third kappa shape index (κ3) is 2.38. The Kier molecular flexibility index (Phi) is 3.53. The molecule has 20 heavy (non-hydrogen) atoms. The van der Waals surface area contributed by atoms with E-state index < -0.39 is 39.2 Å². The second-order valence-electron chi connectivity index (χ2n) is 3.80. The minimum atomic E-state index is -1.41. The topological polar surface area (TPSA) is 115 Å². The standard InChI is InChI=1S/C11H8F2N4O3/c12-6-1-2-7(17(19)20)10(13)9(6)11-15-5(4-14)3-8(18)16-11/h1-3H,4,14H2,(H,15,16,18). The summed E-state index contributed by atoms with van der Waals surface area (Å²) in [7, 11) is 0. The second-order valence-corrected chi connectivity index (χ2v) is 3.80. The maximum Gasteiger partial charge on any atom is 0.305 e. The second kappa shape index (κ2) is 5.13. The van der Waals surface area contributed by atoms with Crippen molar-refractivity contribution in [2.75, 3.05) is 0 Å². The molecule has 1 heterocycles. The molecule has 0 fully saturated rings. The highest BCUT2D eigenvalue weighted by Crippen LogP contribution is 2.29. The van der Waals surface area contributed by atoms with E-state index in [9.17, 15) is 23.7 Å². The van der Waals surface area contributed by atoms with E-state index >= 15 is 0 Å². The van der Waals surface area contributed by atoms with E-state index in [1.54, 1.807) is 0 Å². The molecule has 3 N–H and O–H groups in total. The molecule has 7 nitrogen and oxygen atoms in total. The molecular weight excluding hydrogens is 274 g/mol. The molecule has 0 spiro atoms. The van der Waals surface area contributed by atoms with Crippen molar-refractivity contribution in [3.05, 3.63) is 56.0 Å². The van der Waals surface area contributed by atoms with Gasteiger partial charge in [-0.3, -0.25) is 14.9 Å². The summed E-state index contributed by atoms with van der Waals surface area (Å²) in [5, 5.41) is 10.6. The van der Waals surface area contributed by atoms with Crippen molar-refractivity contribution in [2.45, 2.75) is 6.54 Å². The first-order valence-electron chi connectivity index (χ1n) is 5.37. The molecular formula is C11H8F2N4O3. The molecule has 0 aliphatic heterocycles. The molecule has 0 amide bonds. The van der Waals surface area contributed by atoms with E-state index in [-0.39, 0.29) is 12.2 Å². The molecule has 2 aromatic rings. The molecule has 0 saturated heterocycles. The number of rotatable bonds is 3. The summed E-state index contributed by atoms with van der Waals surface area (Å²) in [6.45, 7) is -0.116. The Hall–Kier alpha value is -2.68. The highest BCUT2D eigenvalue weighted by atomic mass is 19.1. The number of benzene rings is 1. The Bertz CT molecular complexity index is 745. The van der Waals surface area contributed by atoms with Crippen molar-refractivity contribution >= 4 is 5.69 Å². The smallest absolute Gasteiger partial charge is 0.305 e. The van der Waals surface area contributed by atoms with Gasteiger partial charge in [0.15, 0.2) is 0 Å². The molecule has 9 heteroatoms. The monoisotopic (exact) mass is 282 g/mol. The van der Waals surface area contributed by atoms with Gasteiger partial charge in [-0.05, 0) is 6.07 Å². The summed E-state index contributed by atoms with van der Waals surface area (Å²) in [6.07, 6.45) is 0. The van der Waals surface area contributed by atoms with Crippen molar-refractivity contribution in [3.8, 4) is 11.4 Å². The maximum atomic E-state index is 14.0. The SMILES string of the molecule is NCc1cc(=O)[nH]c(-c2c(F)ccc([N+](=O)[O-])c2F)n1. The van der Waals surface area contributed by atoms with Crippen LogP contribution in [-0.4, -0.2) is 14.9 Å². The Morgan fingerprint density at radius 3 is 2.70 bits per heavy atom. The lowest BCUT2D eigenvalue weighted by Gasteiger charge is -2.06. The quantitative estimate of drug-likeness (QED) is 0.645. The summed E-state index contributed by atoms with van der Waals surface area (Å²) in [5.41, 5.74) is 3.06. The minimum Gasteiger partial charge on any atom is -0.325 e. The molecule has 1 aromatic carbocycles. The highest BCUT2D eigenvalue weighted by molar-refractivity contribution is 5.61. The summed E-state index contributed by atoms with van der Waals surface area (Å²) < 4.78 is 27.7. The fourth-order valence-electron chi connectivity index (χ4n) is 1.63. The van der Waals surface area contributed by atoms with Gasteiger partial charge in [0.2, 0.25) is 5.82 Å². The van der Waals surface area contributed by atoms with Gasteiger partial charge in [-0.2, -0.15) is 4.39 Å². The number of nitrogens with one attached hydrogen (secondary N) is 1. The van der Waals surface area contributed by atoms with Gasteiger partial charge in [0.1, 0.15) is 11.6 Å². The van der Waals surface area contributed by atoms with Gasteiger partial charge in [0.05, 0.1) is 16.2 Å². The minimum absolute atomic E-state index is 0.106. The lowest BCUT2D eigenvalue weighted by atomic mass is 10.1. The maximum absolute atomic E-state index is 14.0. The zero-order valence-corrected chi connectivity index (χ0v) is 9.89. The summed E-state index contributed by atoms with van der Waals surface area (Å²) in [4.78, 5) is 26.9. The molecule has 0 bridgehead atoms. The number of hydrogen-bond acceptors (Lipinski definition) is 5.